The predicted molar refractivity (Wildman–Crippen MR) is 87.6 cm³/mol. The molecule has 1 aliphatic rings. The molecule has 2 rings (SSSR count). The summed E-state index contributed by atoms with van der Waals surface area (Å²) in [7, 11) is 0. The summed E-state index contributed by atoms with van der Waals surface area (Å²) in [6.45, 7) is 6.75. The number of nitrogens with zero attached hydrogens (tertiary/aromatic N) is 1. The third-order valence-electron chi connectivity index (χ3n) is 4.27. The molecule has 4 heteroatoms. The van der Waals surface area contributed by atoms with Crippen LogP contribution in [0.1, 0.15) is 50.4 Å². The molecule has 0 aromatic carbocycles. The van der Waals surface area contributed by atoms with Crippen molar-refractivity contribution in [2.24, 2.45) is 11.7 Å². The van der Waals surface area contributed by atoms with E-state index in [1.54, 1.807) is 0 Å². The fourth-order valence-electron chi connectivity index (χ4n) is 2.81. The highest BCUT2D eigenvalue weighted by molar-refractivity contribution is 9.10. The molecule has 1 aromatic heterocycles. The second-order valence-corrected chi connectivity index (χ2v) is 7.43. The maximum absolute atomic E-state index is 6.42. The maximum atomic E-state index is 6.42. The first-order valence-corrected chi connectivity index (χ1v) is 9.06. The summed E-state index contributed by atoms with van der Waals surface area (Å²) in [6, 6.07) is 2.85. The molecule has 108 valence electrons. The van der Waals surface area contributed by atoms with Crippen molar-refractivity contribution in [1.29, 1.82) is 0 Å². The normalized spacial score (nSPS) is 19.4. The molecule has 2 unspecified atom stereocenters. The minimum atomic E-state index is 0.227. The van der Waals surface area contributed by atoms with Gasteiger partial charge in [-0.05, 0) is 53.7 Å². The van der Waals surface area contributed by atoms with Gasteiger partial charge < -0.3 is 5.73 Å². The first kappa shape index (κ1) is 15.5. The van der Waals surface area contributed by atoms with Gasteiger partial charge in [-0.25, -0.2) is 0 Å². The molecule has 0 saturated heterocycles. The Balaban J connectivity index is 2.14. The second kappa shape index (κ2) is 7.21. The molecule has 0 bridgehead atoms. The number of hydrogen-bond donors (Lipinski definition) is 1. The summed E-state index contributed by atoms with van der Waals surface area (Å²) in [5.41, 5.74) is 6.42. The summed E-state index contributed by atoms with van der Waals surface area (Å²) in [4.78, 5) is 4.00. The van der Waals surface area contributed by atoms with E-state index >= 15 is 0 Å². The minimum absolute atomic E-state index is 0.227. The van der Waals surface area contributed by atoms with Gasteiger partial charge in [-0.2, -0.15) is 0 Å². The topological polar surface area (TPSA) is 29.3 Å². The van der Waals surface area contributed by atoms with Crippen LogP contribution in [0.3, 0.4) is 0 Å². The highest BCUT2D eigenvalue weighted by Gasteiger charge is 2.29. The molecule has 0 aliphatic heterocycles. The Hall–Kier alpha value is 0.1000. The van der Waals surface area contributed by atoms with Crippen LogP contribution < -0.4 is 5.73 Å². The number of rotatable bonds is 7. The lowest BCUT2D eigenvalue weighted by Gasteiger charge is -2.38. The van der Waals surface area contributed by atoms with Gasteiger partial charge in [0.15, 0.2) is 0 Å². The zero-order valence-corrected chi connectivity index (χ0v) is 14.3. The van der Waals surface area contributed by atoms with Crippen molar-refractivity contribution in [3.63, 3.8) is 0 Å². The van der Waals surface area contributed by atoms with Gasteiger partial charge in [0, 0.05) is 27.3 Å². The Morgan fingerprint density at radius 1 is 1.47 bits per heavy atom. The average molecular weight is 345 g/mol. The monoisotopic (exact) mass is 344 g/mol. The minimum Gasteiger partial charge on any atom is -0.326 e. The highest BCUT2D eigenvalue weighted by atomic mass is 79.9. The van der Waals surface area contributed by atoms with E-state index < -0.39 is 0 Å². The van der Waals surface area contributed by atoms with Crippen LogP contribution in [0.5, 0.6) is 0 Å². The summed E-state index contributed by atoms with van der Waals surface area (Å²) < 4.78 is 1.18. The number of halogens is 1. The molecule has 0 amide bonds. The van der Waals surface area contributed by atoms with E-state index in [1.165, 1.54) is 35.2 Å². The Bertz CT molecular complexity index is 389. The van der Waals surface area contributed by atoms with Crippen LogP contribution in [0.25, 0.3) is 0 Å². The highest BCUT2D eigenvalue weighted by Crippen LogP contribution is 2.35. The standard InChI is InChI=1S/C15H25BrN2S/c1-3-13(17)15(14-8-12(16)10-19-14)18(4-2)9-11-6-5-7-11/h8,10-11,13,15H,3-7,9,17H2,1-2H3. The molecule has 0 spiro atoms. The first-order chi connectivity index (χ1) is 9.15. The average Bonchev–Trinajstić information content (AvgIpc) is 2.77. The van der Waals surface area contributed by atoms with Crippen LogP contribution in [0.2, 0.25) is 0 Å². The van der Waals surface area contributed by atoms with E-state index in [2.05, 4.69) is 46.1 Å². The lowest BCUT2D eigenvalue weighted by atomic mass is 9.84. The van der Waals surface area contributed by atoms with Crippen LogP contribution >= 0.6 is 27.3 Å². The third kappa shape index (κ3) is 3.81. The predicted octanol–water partition coefficient (Wildman–Crippen LogP) is 4.41. The van der Waals surface area contributed by atoms with Gasteiger partial charge in [0.25, 0.3) is 0 Å². The molecule has 0 radical (unpaired) electrons. The van der Waals surface area contributed by atoms with Gasteiger partial charge in [-0.15, -0.1) is 11.3 Å². The number of thiophene rings is 1. The van der Waals surface area contributed by atoms with Gasteiger partial charge in [0.1, 0.15) is 0 Å². The fourth-order valence-corrected chi connectivity index (χ4v) is 4.47. The van der Waals surface area contributed by atoms with E-state index in [1.807, 2.05) is 11.3 Å². The van der Waals surface area contributed by atoms with Crippen molar-refractivity contribution in [1.82, 2.24) is 4.90 Å². The molecule has 2 atom stereocenters. The maximum Gasteiger partial charge on any atom is 0.0593 e. The summed E-state index contributed by atoms with van der Waals surface area (Å²) in [5, 5.41) is 2.17. The number of likely N-dealkylation sites (N-methyl/N-ethyl adjacent to an activating group) is 1. The van der Waals surface area contributed by atoms with Crippen LogP contribution in [-0.2, 0) is 0 Å². The molecule has 2 N–H and O–H groups in total. The van der Waals surface area contributed by atoms with Crippen LogP contribution in [0, 0.1) is 5.92 Å². The van der Waals surface area contributed by atoms with Crippen molar-refractivity contribution in [2.45, 2.75) is 51.6 Å². The van der Waals surface area contributed by atoms with Gasteiger partial charge >= 0.3 is 0 Å². The van der Waals surface area contributed by atoms with Crippen LogP contribution in [0.15, 0.2) is 15.9 Å². The number of hydrogen-bond acceptors (Lipinski definition) is 3. The van der Waals surface area contributed by atoms with Gasteiger partial charge in [-0.1, -0.05) is 20.3 Å². The van der Waals surface area contributed by atoms with Crippen LogP contribution in [0.4, 0.5) is 0 Å². The van der Waals surface area contributed by atoms with Gasteiger partial charge in [0.2, 0.25) is 0 Å². The lowest BCUT2D eigenvalue weighted by Crippen LogP contribution is -2.43. The van der Waals surface area contributed by atoms with Crippen molar-refractivity contribution in [3.8, 4) is 0 Å². The molecule has 2 nitrogen and oxygen atoms in total. The molecule has 1 saturated carbocycles. The molecular weight excluding hydrogens is 320 g/mol. The van der Waals surface area contributed by atoms with E-state index in [0.29, 0.717) is 6.04 Å². The molecule has 1 aromatic rings. The van der Waals surface area contributed by atoms with E-state index in [-0.39, 0.29) is 6.04 Å². The summed E-state index contributed by atoms with van der Waals surface area (Å²) in [6.07, 6.45) is 5.25. The Morgan fingerprint density at radius 3 is 2.63 bits per heavy atom. The molecular formula is C15H25BrN2S. The van der Waals surface area contributed by atoms with E-state index in [9.17, 15) is 0 Å². The van der Waals surface area contributed by atoms with E-state index in [4.69, 9.17) is 5.73 Å². The zero-order valence-electron chi connectivity index (χ0n) is 11.9. The smallest absolute Gasteiger partial charge is 0.0593 e. The molecule has 1 heterocycles. The molecule has 1 aliphatic carbocycles. The van der Waals surface area contributed by atoms with Crippen LogP contribution in [-0.4, -0.2) is 24.0 Å². The van der Waals surface area contributed by atoms with E-state index in [0.717, 1.165) is 18.9 Å². The lowest BCUT2D eigenvalue weighted by molar-refractivity contribution is 0.123. The van der Waals surface area contributed by atoms with Crippen molar-refractivity contribution < 1.29 is 0 Å². The van der Waals surface area contributed by atoms with Crippen molar-refractivity contribution in [3.05, 3.63) is 20.8 Å². The SMILES string of the molecule is CCC(N)C(c1cc(Br)cs1)N(CC)CC1CCC1. The van der Waals surface area contributed by atoms with Crippen molar-refractivity contribution in [2.75, 3.05) is 13.1 Å². The largest absolute Gasteiger partial charge is 0.326 e. The van der Waals surface area contributed by atoms with Crippen molar-refractivity contribution >= 4 is 27.3 Å². The van der Waals surface area contributed by atoms with Gasteiger partial charge in [-0.3, -0.25) is 4.90 Å². The summed E-state index contributed by atoms with van der Waals surface area (Å²) >= 11 is 5.40. The summed E-state index contributed by atoms with van der Waals surface area (Å²) in [5.74, 6) is 0.898. The molecule has 1 fully saturated rings. The quantitative estimate of drug-likeness (QED) is 0.793. The number of nitrogens with two attached hydrogens (primary N) is 1. The van der Waals surface area contributed by atoms with Gasteiger partial charge in [0.05, 0.1) is 6.04 Å². The molecule has 19 heavy (non-hydrogen) atoms. The Kier molecular flexibility index (Phi) is 5.87. The Morgan fingerprint density at radius 2 is 2.21 bits per heavy atom. The second-order valence-electron chi connectivity index (χ2n) is 5.57. The first-order valence-electron chi connectivity index (χ1n) is 7.39. The Labute approximate surface area is 129 Å². The third-order valence-corrected chi connectivity index (χ3v) is 6.04. The zero-order chi connectivity index (χ0) is 13.8. The fraction of sp³-hybridized carbons (Fsp3) is 0.733.